The van der Waals surface area contributed by atoms with Crippen LogP contribution in [0.2, 0.25) is 0 Å². The van der Waals surface area contributed by atoms with Gasteiger partial charge in [0, 0.05) is 5.92 Å². The first-order chi connectivity index (χ1) is 50.5. The van der Waals surface area contributed by atoms with E-state index in [0.29, 0.717) is 5.92 Å². The van der Waals surface area contributed by atoms with E-state index in [4.69, 9.17) is 0 Å². The summed E-state index contributed by atoms with van der Waals surface area (Å²) in [5, 5.41) is 16.4. The van der Waals surface area contributed by atoms with Crippen LogP contribution in [0.25, 0.3) is 149 Å². The van der Waals surface area contributed by atoms with Crippen molar-refractivity contribution in [3.63, 3.8) is 0 Å². The molecule has 0 bridgehead atoms. The molecular formula is C110H116. The van der Waals surface area contributed by atoms with E-state index in [9.17, 15) is 0 Å². The third kappa shape index (κ3) is 12.5. The smallest absolute Gasteiger partial charge is 0.0352 e. The van der Waals surface area contributed by atoms with Crippen molar-refractivity contribution in [2.24, 2.45) is 11.3 Å². The minimum atomic E-state index is 0. The summed E-state index contributed by atoms with van der Waals surface area (Å²) in [7, 11) is 0. The number of allylic oxidation sites excluding steroid dienone is 11. The fourth-order valence-corrected chi connectivity index (χ4v) is 18.8. The van der Waals surface area contributed by atoms with Crippen molar-refractivity contribution in [1.29, 1.82) is 0 Å². The van der Waals surface area contributed by atoms with Gasteiger partial charge in [0.15, 0.2) is 0 Å². The predicted molar refractivity (Wildman–Crippen MR) is 490 cm³/mol. The molecule has 110 heavy (non-hydrogen) atoms. The molecule has 0 spiro atoms. The van der Waals surface area contributed by atoms with Crippen molar-refractivity contribution in [2.75, 3.05) is 0 Å². The Bertz CT molecular complexity index is 5800. The van der Waals surface area contributed by atoms with E-state index >= 15 is 0 Å². The van der Waals surface area contributed by atoms with Gasteiger partial charge in [-0.05, 0) is 255 Å². The first kappa shape index (κ1) is 77.7. The van der Waals surface area contributed by atoms with Crippen LogP contribution in [-0.2, 0) is 27.1 Å². The molecule has 0 saturated carbocycles. The zero-order valence-electron chi connectivity index (χ0n) is 65.6. The molecule has 0 amide bonds. The van der Waals surface area contributed by atoms with Crippen LogP contribution in [0, 0.1) is 11.3 Å². The Morgan fingerprint density at radius 3 is 1.07 bits per heavy atom. The van der Waals surface area contributed by atoms with Crippen molar-refractivity contribution in [3.05, 3.63) is 316 Å². The van der Waals surface area contributed by atoms with E-state index < -0.39 is 0 Å². The van der Waals surface area contributed by atoms with Crippen molar-refractivity contribution in [3.8, 4) is 66.8 Å². The third-order valence-electron chi connectivity index (χ3n) is 23.8. The monoisotopic (exact) mass is 1440 g/mol. The van der Waals surface area contributed by atoms with Gasteiger partial charge in [0.05, 0.1) is 0 Å². The Morgan fingerprint density at radius 1 is 0.273 bits per heavy atom. The van der Waals surface area contributed by atoms with Crippen LogP contribution in [0.5, 0.6) is 0 Å². The lowest BCUT2D eigenvalue weighted by atomic mass is 9.62. The average Bonchev–Trinajstić information content (AvgIpc) is 1.49. The first-order valence-corrected chi connectivity index (χ1v) is 38.8. The van der Waals surface area contributed by atoms with Gasteiger partial charge in [-0.1, -0.05) is 403 Å². The van der Waals surface area contributed by atoms with Crippen molar-refractivity contribution >= 4 is 81.9 Å². The first-order valence-electron chi connectivity index (χ1n) is 38.8. The number of hydrogen-bond acceptors (Lipinski definition) is 0. The molecule has 19 rings (SSSR count). The summed E-state index contributed by atoms with van der Waals surface area (Å²) >= 11 is 0. The highest BCUT2D eigenvalue weighted by atomic mass is 14.4. The normalized spacial score (nSPS) is 14.8. The molecule has 1 atom stereocenters. The molecule has 0 heterocycles. The minimum absolute atomic E-state index is 0. The van der Waals surface area contributed by atoms with Crippen LogP contribution >= 0.6 is 0 Å². The van der Waals surface area contributed by atoms with Crippen LogP contribution in [-0.4, -0.2) is 0 Å². The Labute approximate surface area is 659 Å². The van der Waals surface area contributed by atoms with Gasteiger partial charge in [-0.2, -0.15) is 0 Å². The predicted octanol–water partition coefficient (Wildman–Crippen LogP) is 32.9. The van der Waals surface area contributed by atoms with E-state index in [0.717, 1.165) is 6.42 Å². The number of benzene rings is 12. The van der Waals surface area contributed by atoms with Gasteiger partial charge in [0.2, 0.25) is 0 Å². The molecule has 556 valence electrons. The van der Waals surface area contributed by atoms with Gasteiger partial charge >= 0.3 is 0 Å². The van der Waals surface area contributed by atoms with Crippen molar-refractivity contribution < 1.29 is 0 Å². The molecule has 14 aromatic rings. The summed E-state index contributed by atoms with van der Waals surface area (Å²) in [4.78, 5) is 0. The summed E-state index contributed by atoms with van der Waals surface area (Å²) in [6, 6.07) is 82.6. The van der Waals surface area contributed by atoms with E-state index in [-0.39, 0.29) is 62.2 Å². The molecule has 0 radical (unpaired) electrons. The van der Waals surface area contributed by atoms with E-state index in [1.54, 1.807) is 0 Å². The second-order valence-corrected chi connectivity index (χ2v) is 37.0. The number of hydrogen-bond donors (Lipinski definition) is 0. The second kappa shape index (κ2) is 27.9. The number of rotatable bonds is 2. The molecule has 5 aliphatic rings. The average molecular weight is 1440 g/mol. The minimum Gasteiger partial charge on any atom is -0.0795 e. The standard InChI is InChI=1S/C46H38.C32H32.C28H30.4CH4/c1-45(2,3)35-25-23-33-39-29(35)19-13-21-31(39)41-37(27-15-9-7-10-16-27)44-34-24-26-36(46(4,5)6)30-20-14-22-32(40(30)34)42(44)38(43(33)41)28-17-11-8-12-18-28;1-31(2,3)21-15-17-27-24-12-8-10-14-26(24)30-20-22(32(4,5)6)16-18-28(30)23-11-7-9-13-25(23)29(27)19-21;1-27(2,3)23-15-13-19-18-10-8-12-22-24(28(4,5)6)16-14-20(26(18)22)17-9-7-11-21(23)25(17)19;;;;/h7-26H,1-6H3;7-20H,1-6H3;7-9,11-16,25H,10H2,1-6H3;4*1H4. The molecule has 0 heteroatoms. The van der Waals surface area contributed by atoms with Crippen LogP contribution < -0.4 is 0 Å². The Kier molecular flexibility index (Phi) is 19.7. The molecular weight excluding hydrogens is 1320 g/mol. The Morgan fingerprint density at radius 2 is 0.655 bits per heavy atom. The summed E-state index contributed by atoms with van der Waals surface area (Å²) in [6.07, 6.45) is 17.6. The lowest BCUT2D eigenvalue weighted by Crippen LogP contribution is -2.26. The summed E-state index contributed by atoms with van der Waals surface area (Å²) in [6.45, 7) is 41.7. The summed E-state index contributed by atoms with van der Waals surface area (Å²) in [5.74, 6) is 0.395. The van der Waals surface area contributed by atoms with Crippen LogP contribution in [0.4, 0.5) is 0 Å². The van der Waals surface area contributed by atoms with Crippen molar-refractivity contribution in [2.45, 2.75) is 188 Å². The molecule has 0 aromatic heterocycles. The molecule has 0 fully saturated rings. The van der Waals surface area contributed by atoms with Gasteiger partial charge in [0.1, 0.15) is 0 Å². The van der Waals surface area contributed by atoms with Crippen LogP contribution in [0.1, 0.15) is 205 Å². The summed E-state index contributed by atoms with van der Waals surface area (Å²) < 4.78 is 0. The lowest BCUT2D eigenvalue weighted by molar-refractivity contribution is 0.507. The topological polar surface area (TPSA) is 0 Å². The van der Waals surface area contributed by atoms with E-state index in [1.165, 1.54) is 204 Å². The quantitative estimate of drug-likeness (QED) is 0.162. The zero-order chi connectivity index (χ0) is 74.1. The van der Waals surface area contributed by atoms with Gasteiger partial charge in [-0.3, -0.25) is 0 Å². The molecule has 0 aliphatic heterocycles. The van der Waals surface area contributed by atoms with E-state index in [2.05, 4.69) is 386 Å². The van der Waals surface area contributed by atoms with Gasteiger partial charge < -0.3 is 0 Å². The van der Waals surface area contributed by atoms with Gasteiger partial charge in [0.25, 0.3) is 0 Å². The lowest BCUT2D eigenvalue weighted by Gasteiger charge is -2.41. The molecule has 0 nitrogen and oxygen atoms in total. The fourth-order valence-electron chi connectivity index (χ4n) is 18.8. The zero-order valence-corrected chi connectivity index (χ0v) is 65.6. The largest absolute Gasteiger partial charge is 0.0795 e. The molecule has 14 aromatic carbocycles. The third-order valence-corrected chi connectivity index (χ3v) is 23.8. The SMILES string of the molecule is C.C.C.C.CC(C)(C)C1=C2C=CC=C3c4ccc(C(C)(C)C)c5c4C(=C(C=C1)C32)CC=C5.CC(C)(C)c1ccc2c(c1)-c1ccccc1-c1ccc(C(C)(C)C)cc1-c1ccccc1-2.CC(C)(C)c1ccc2c3c(-c4ccccc4)c4c5cccc6c(C(C)(C)C)ccc(c4c(-c4ccccc4)c3c3cccc1c32)c65. The molecule has 5 aliphatic carbocycles. The second-order valence-electron chi connectivity index (χ2n) is 37.0. The highest BCUT2D eigenvalue weighted by Gasteiger charge is 2.40. The Balaban J connectivity index is 0.000000148. The van der Waals surface area contributed by atoms with E-state index in [1.807, 2.05) is 0 Å². The highest BCUT2D eigenvalue weighted by molar-refractivity contribution is 6.46. The molecule has 0 N–H and O–H groups in total. The van der Waals surface area contributed by atoms with Crippen LogP contribution in [0.15, 0.2) is 272 Å². The fraction of sp³-hybridized carbons (Fsp3) is 0.273. The maximum absolute atomic E-state index is 2.42. The maximum Gasteiger partial charge on any atom is 0.0352 e. The van der Waals surface area contributed by atoms with Crippen LogP contribution in [0.3, 0.4) is 0 Å². The van der Waals surface area contributed by atoms with Gasteiger partial charge in [-0.15, -0.1) is 0 Å². The maximum atomic E-state index is 2.42. The van der Waals surface area contributed by atoms with Gasteiger partial charge in [-0.25, -0.2) is 0 Å². The number of fused-ring (bicyclic) bond motifs is 15. The summed E-state index contributed by atoms with van der Waals surface area (Å²) in [5.41, 5.74) is 35.2. The Hall–Kier alpha value is -10.4. The van der Waals surface area contributed by atoms with Crippen molar-refractivity contribution in [1.82, 2.24) is 0 Å². The highest BCUT2D eigenvalue weighted by Crippen LogP contribution is 2.59. The molecule has 1 unspecified atom stereocenters. The molecule has 0 saturated heterocycles.